The Balaban J connectivity index is 2.39. The SMILES string of the molecule is COCCCC(N)C(=O)NC1(CC(=O)O)CCC1. The van der Waals surface area contributed by atoms with Crippen LogP contribution in [0.3, 0.4) is 0 Å². The van der Waals surface area contributed by atoms with Crippen LogP contribution in [-0.2, 0) is 14.3 Å². The zero-order valence-corrected chi connectivity index (χ0v) is 10.8. The Bertz CT molecular complexity index is 302. The Morgan fingerprint density at radius 2 is 2.17 bits per heavy atom. The van der Waals surface area contributed by atoms with Crippen LogP contribution >= 0.6 is 0 Å². The Kier molecular flexibility index (Phi) is 5.55. The third kappa shape index (κ3) is 4.27. The molecule has 0 aliphatic heterocycles. The Hall–Kier alpha value is -1.14. The Labute approximate surface area is 107 Å². The van der Waals surface area contributed by atoms with Crippen molar-refractivity contribution >= 4 is 11.9 Å². The molecule has 0 heterocycles. The van der Waals surface area contributed by atoms with Gasteiger partial charge in [0.1, 0.15) is 0 Å². The largest absolute Gasteiger partial charge is 0.481 e. The van der Waals surface area contributed by atoms with Crippen molar-refractivity contribution in [1.82, 2.24) is 5.32 Å². The number of hydrogen-bond donors (Lipinski definition) is 3. The molecule has 0 saturated heterocycles. The number of carboxylic acids is 1. The molecule has 6 nitrogen and oxygen atoms in total. The number of carboxylic acid groups (broad SMARTS) is 1. The molecule has 1 saturated carbocycles. The molecule has 1 rings (SSSR count). The van der Waals surface area contributed by atoms with Gasteiger partial charge < -0.3 is 20.9 Å². The molecule has 4 N–H and O–H groups in total. The second-order valence-electron chi connectivity index (χ2n) is 4.94. The lowest BCUT2D eigenvalue weighted by atomic mass is 9.74. The molecule has 0 radical (unpaired) electrons. The summed E-state index contributed by atoms with van der Waals surface area (Å²) < 4.78 is 4.89. The first kappa shape index (κ1) is 14.9. The first-order chi connectivity index (χ1) is 8.49. The monoisotopic (exact) mass is 258 g/mol. The lowest BCUT2D eigenvalue weighted by Gasteiger charge is -2.42. The Morgan fingerprint density at radius 1 is 1.50 bits per heavy atom. The molecule has 1 aliphatic rings. The second-order valence-corrected chi connectivity index (χ2v) is 4.94. The predicted octanol–water partition coefficient (Wildman–Crippen LogP) is 0.254. The molecule has 0 aromatic carbocycles. The standard InChI is InChI=1S/C12H22N2O4/c1-18-7-2-4-9(13)11(17)14-12(5-3-6-12)8-10(15)16/h9H,2-8,13H2,1H3,(H,14,17)(H,15,16). The van der Waals surface area contributed by atoms with Crippen LogP contribution in [0.1, 0.15) is 38.5 Å². The molecule has 18 heavy (non-hydrogen) atoms. The minimum Gasteiger partial charge on any atom is -0.481 e. The van der Waals surface area contributed by atoms with E-state index in [1.807, 2.05) is 0 Å². The second kappa shape index (κ2) is 6.70. The van der Waals surface area contributed by atoms with Crippen LogP contribution in [-0.4, -0.2) is 42.3 Å². The minimum absolute atomic E-state index is 0.0243. The fourth-order valence-electron chi connectivity index (χ4n) is 2.17. The number of carbonyl (C=O) groups excluding carboxylic acids is 1. The lowest BCUT2D eigenvalue weighted by Crippen LogP contribution is -2.58. The van der Waals surface area contributed by atoms with Crippen LogP contribution in [0, 0.1) is 0 Å². The summed E-state index contributed by atoms with van der Waals surface area (Å²) in [5.74, 6) is -1.14. The summed E-state index contributed by atoms with van der Waals surface area (Å²) in [6.45, 7) is 0.571. The van der Waals surface area contributed by atoms with Gasteiger partial charge in [0.25, 0.3) is 0 Å². The third-order valence-electron chi connectivity index (χ3n) is 3.39. The van der Waals surface area contributed by atoms with E-state index in [2.05, 4.69) is 5.32 Å². The van der Waals surface area contributed by atoms with Crippen molar-refractivity contribution in [3.8, 4) is 0 Å². The van der Waals surface area contributed by atoms with Crippen molar-refractivity contribution in [2.45, 2.75) is 50.1 Å². The first-order valence-corrected chi connectivity index (χ1v) is 6.27. The maximum atomic E-state index is 11.9. The van der Waals surface area contributed by atoms with Crippen molar-refractivity contribution in [1.29, 1.82) is 0 Å². The molecule has 0 spiro atoms. The van der Waals surface area contributed by atoms with Gasteiger partial charge >= 0.3 is 5.97 Å². The van der Waals surface area contributed by atoms with Gasteiger partial charge in [0.2, 0.25) is 5.91 Å². The van der Waals surface area contributed by atoms with Crippen LogP contribution in [0.2, 0.25) is 0 Å². The fraction of sp³-hybridized carbons (Fsp3) is 0.833. The van der Waals surface area contributed by atoms with Crippen LogP contribution in [0.25, 0.3) is 0 Å². The van der Waals surface area contributed by atoms with E-state index in [1.165, 1.54) is 0 Å². The van der Waals surface area contributed by atoms with Crippen LogP contribution < -0.4 is 11.1 Å². The van der Waals surface area contributed by atoms with Gasteiger partial charge in [-0.05, 0) is 32.1 Å². The maximum Gasteiger partial charge on any atom is 0.305 e. The topological polar surface area (TPSA) is 102 Å². The molecular formula is C12H22N2O4. The summed E-state index contributed by atoms with van der Waals surface area (Å²) in [5, 5.41) is 11.6. The zero-order valence-electron chi connectivity index (χ0n) is 10.8. The molecular weight excluding hydrogens is 236 g/mol. The number of methoxy groups -OCH3 is 1. The summed E-state index contributed by atoms with van der Waals surface area (Å²) in [6, 6.07) is -0.591. The minimum atomic E-state index is -0.886. The summed E-state index contributed by atoms with van der Waals surface area (Å²) in [4.78, 5) is 22.6. The zero-order chi connectivity index (χ0) is 13.6. The van der Waals surface area contributed by atoms with Crippen molar-refractivity contribution < 1.29 is 19.4 Å². The highest BCUT2D eigenvalue weighted by atomic mass is 16.5. The van der Waals surface area contributed by atoms with Gasteiger partial charge in [0.05, 0.1) is 18.0 Å². The lowest BCUT2D eigenvalue weighted by molar-refractivity contribution is -0.140. The van der Waals surface area contributed by atoms with E-state index in [1.54, 1.807) is 7.11 Å². The summed E-state index contributed by atoms with van der Waals surface area (Å²) in [5.41, 5.74) is 5.19. The van der Waals surface area contributed by atoms with Gasteiger partial charge in [-0.1, -0.05) is 0 Å². The molecule has 6 heteroatoms. The van der Waals surface area contributed by atoms with Crippen LogP contribution in [0.5, 0.6) is 0 Å². The molecule has 1 atom stereocenters. The average Bonchev–Trinajstić information content (AvgIpc) is 2.25. The van der Waals surface area contributed by atoms with E-state index in [0.29, 0.717) is 13.0 Å². The van der Waals surface area contributed by atoms with Crippen molar-refractivity contribution in [2.75, 3.05) is 13.7 Å². The van der Waals surface area contributed by atoms with Crippen molar-refractivity contribution in [3.05, 3.63) is 0 Å². The van der Waals surface area contributed by atoms with Gasteiger partial charge in [-0.15, -0.1) is 0 Å². The van der Waals surface area contributed by atoms with Gasteiger partial charge in [-0.25, -0.2) is 0 Å². The summed E-state index contributed by atoms with van der Waals surface area (Å²) in [6.07, 6.45) is 3.63. The van der Waals surface area contributed by atoms with Crippen LogP contribution in [0.4, 0.5) is 0 Å². The smallest absolute Gasteiger partial charge is 0.305 e. The first-order valence-electron chi connectivity index (χ1n) is 6.27. The fourth-order valence-corrected chi connectivity index (χ4v) is 2.17. The van der Waals surface area contributed by atoms with E-state index < -0.39 is 17.6 Å². The molecule has 0 aromatic heterocycles. The number of hydrogen-bond acceptors (Lipinski definition) is 4. The number of nitrogens with two attached hydrogens (primary N) is 1. The predicted molar refractivity (Wildman–Crippen MR) is 66.1 cm³/mol. The highest BCUT2D eigenvalue weighted by Crippen LogP contribution is 2.34. The van der Waals surface area contributed by atoms with E-state index in [9.17, 15) is 9.59 Å². The number of amides is 1. The van der Waals surface area contributed by atoms with Crippen molar-refractivity contribution in [3.63, 3.8) is 0 Å². The number of carbonyl (C=O) groups is 2. The van der Waals surface area contributed by atoms with E-state index in [0.717, 1.165) is 25.7 Å². The van der Waals surface area contributed by atoms with Gasteiger partial charge in [0, 0.05) is 13.7 Å². The third-order valence-corrected chi connectivity index (χ3v) is 3.39. The number of nitrogens with one attached hydrogen (secondary N) is 1. The average molecular weight is 258 g/mol. The van der Waals surface area contributed by atoms with Gasteiger partial charge in [0.15, 0.2) is 0 Å². The number of ether oxygens (including phenoxy) is 1. The Morgan fingerprint density at radius 3 is 2.61 bits per heavy atom. The van der Waals surface area contributed by atoms with Gasteiger partial charge in [-0.3, -0.25) is 9.59 Å². The number of rotatable bonds is 8. The molecule has 0 bridgehead atoms. The highest BCUT2D eigenvalue weighted by Gasteiger charge is 2.40. The van der Waals surface area contributed by atoms with Crippen molar-refractivity contribution in [2.24, 2.45) is 5.73 Å². The molecule has 1 amide bonds. The number of aliphatic carboxylic acids is 1. The normalized spacial score (nSPS) is 18.8. The maximum absolute atomic E-state index is 11.9. The van der Waals surface area contributed by atoms with Gasteiger partial charge in [-0.2, -0.15) is 0 Å². The molecule has 1 aliphatic carbocycles. The molecule has 1 fully saturated rings. The quantitative estimate of drug-likeness (QED) is 0.542. The summed E-state index contributed by atoms with van der Waals surface area (Å²) in [7, 11) is 1.60. The van der Waals surface area contributed by atoms with E-state index >= 15 is 0 Å². The highest BCUT2D eigenvalue weighted by molar-refractivity contribution is 5.83. The van der Waals surface area contributed by atoms with E-state index in [-0.39, 0.29) is 12.3 Å². The molecule has 104 valence electrons. The summed E-state index contributed by atoms with van der Waals surface area (Å²) >= 11 is 0. The van der Waals surface area contributed by atoms with E-state index in [4.69, 9.17) is 15.6 Å². The van der Waals surface area contributed by atoms with Crippen LogP contribution in [0.15, 0.2) is 0 Å². The molecule has 1 unspecified atom stereocenters. The molecule has 0 aromatic rings.